The van der Waals surface area contributed by atoms with E-state index in [9.17, 15) is 9.59 Å². The van der Waals surface area contributed by atoms with Gasteiger partial charge < -0.3 is 9.84 Å². The first-order chi connectivity index (χ1) is 5.57. The number of rotatable bonds is 3. The first-order valence-corrected chi connectivity index (χ1v) is 3.32. The summed E-state index contributed by atoms with van der Waals surface area (Å²) in [5.41, 5.74) is 0.218. The van der Waals surface area contributed by atoms with Crippen molar-refractivity contribution in [2.45, 2.75) is 6.92 Å². The van der Waals surface area contributed by atoms with Gasteiger partial charge in [-0.05, 0) is 6.92 Å². The SMILES string of the molecule is C=C(C)C(=O)NC(=O)OCCO. The summed E-state index contributed by atoms with van der Waals surface area (Å²) in [5.74, 6) is -0.585. The van der Waals surface area contributed by atoms with E-state index < -0.39 is 12.0 Å². The average molecular weight is 173 g/mol. The fourth-order valence-corrected chi connectivity index (χ4v) is 0.374. The molecule has 0 saturated heterocycles. The molecule has 0 fully saturated rings. The predicted octanol–water partition coefficient (Wildman–Crippen LogP) is -0.192. The van der Waals surface area contributed by atoms with Crippen LogP contribution in [0.5, 0.6) is 0 Å². The van der Waals surface area contributed by atoms with Crippen LogP contribution in [0.4, 0.5) is 4.79 Å². The highest BCUT2D eigenvalue weighted by Crippen LogP contribution is 1.86. The van der Waals surface area contributed by atoms with E-state index in [0.717, 1.165) is 0 Å². The van der Waals surface area contributed by atoms with Gasteiger partial charge in [0.1, 0.15) is 6.61 Å². The van der Waals surface area contributed by atoms with Crippen LogP contribution < -0.4 is 5.32 Å². The number of imide groups is 1. The summed E-state index contributed by atoms with van der Waals surface area (Å²) in [6, 6.07) is 0. The van der Waals surface area contributed by atoms with Crippen LogP contribution in [0.1, 0.15) is 6.92 Å². The molecule has 68 valence electrons. The molecule has 0 radical (unpaired) electrons. The van der Waals surface area contributed by atoms with Gasteiger partial charge in [0.25, 0.3) is 5.91 Å². The topological polar surface area (TPSA) is 75.6 Å². The normalized spacial score (nSPS) is 8.83. The Hall–Kier alpha value is -1.36. The Balaban J connectivity index is 3.69. The zero-order valence-corrected chi connectivity index (χ0v) is 6.79. The molecule has 0 spiro atoms. The molecule has 0 rings (SSSR count). The van der Waals surface area contributed by atoms with Crippen LogP contribution in [0.3, 0.4) is 0 Å². The fourth-order valence-electron chi connectivity index (χ4n) is 0.374. The van der Waals surface area contributed by atoms with Gasteiger partial charge in [-0.3, -0.25) is 10.1 Å². The maximum absolute atomic E-state index is 10.7. The Bertz CT molecular complexity index is 200. The van der Waals surface area contributed by atoms with E-state index in [1.165, 1.54) is 6.92 Å². The van der Waals surface area contributed by atoms with Crippen molar-refractivity contribution < 1.29 is 19.4 Å². The van der Waals surface area contributed by atoms with Gasteiger partial charge in [-0.1, -0.05) is 6.58 Å². The van der Waals surface area contributed by atoms with Crippen LogP contribution in [0.15, 0.2) is 12.2 Å². The van der Waals surface area contributed by atoms with E-state index in [4.69, 9.17) is 5.11 Å². The second kappa shape index (κ2) is 5.31. The number of ether oxygens (including phenoxy) is 1. The molecule has 5 heteroatoms. The quantitative estimate of drug-likeness (QED) is 0.580. The van der Waals surface area contributed by atoms with Crippen molar-refractivity contribution in [2.24, 2.45) is 0 Å². The van der Waals surface area contributed by atoms with Crippen LogP contribution in [-0.4, -0.2) is 30.3 Å². The molecule has 0 bridgehead atoms. The average Bonchev–Trinajstić information content (AvgIpc) is 2.00. The number of alkyl carbamates (subject to hydrolysis) is 1. The summed E-state index contributed by atoms with van der Waals surface area (Å²) in [6.07, 6.45) is -0.878. The Morgan fingerprint density at radius 1 is 1.58 bits per heavy atom. The van der Waals surface area contributed by atoms with Crippen molar-refractivity contribution >= 4 is 12.0 Å². The third-order valence-corrected chi connectivity index (χ3v) is 0.928. The highest BCUT2D eigenvalue weighted by atomic mass is 16.6. The van der Waals surface area contributed by atoms with Crippen molar-refractivity contribution in [3.63, 3.8) is 0 Å². The molecule has 0 saturated carbocycles. The smallest absolute Gasteiger partial charge is 0.414 e. The van der Waals surface area contributed by atoms with Crippen LogP contribution in [0.25, 0.3) is 0 Å². The lowest BCUT2D eigenvalue weighted by Crippen LogP contribution is -2.31. The lowest BCUT2D eigenvalue weighted by molar-refractivity contribution is -0.116. The summed E-state index contributed by atoms with van der Waals surface area (Å²) in [6.45, 7) is 4.39. The van der Waals surface area contributed by atoms with Crippen molar-refractivity contribution in [2.75, 3.05) is 13.2 Å². The predicted molar refractivity (Wildman–Crippen MR) is 41.4 cm³/mol. The van der Waals surface area contributed by atoms with E-state index in [2.05, 4.69) is 11.3 Å². The van der Waals surface area contributed by atoms with Gasteiger partial charge in [0.05, 0.1) is 6.61 Å². The van der Waals surface area contributed by atoms with Gasteiger partial charge in [0.2, 0.25) is 0 Å². The summed E-state index contributed by atoms with van der Waals surface area (Å²) in [7, 11) is 0. The van der Waals surface area contributed by atoms with E-state index in [-0.39, 0.29) is 18.8 Å². The Morgan fingerprint density at radius 3 is 2.58 bits per heavy atom. The second-order valence-corrected chi connectivity index (χ2v) is 2.09. The third-order valence-electron chi connectivity index (χ3n) is 0.928. The third kappa shape index (κ3) is 4.45. The number of carbonyl (C=O) groups is 2. The number of hydrogen-bond acceptors (Lipinski definition) is 4. The van der Waals surface area contributed by atoms with Gasteiger partial charge in [0, 0.05) is 5.57 Å². The van der Waals surface area contributed by atoms with Crippen molar-refractivity contribution in [1.82, 2.24) is 5.32 Å². The van der Waals surface area contributed by atoms with Crippen LogP contribution in [0.2, 0.25) is 0 Å². The molecule has 0 aromatic heterocycles. The standard InChI is InChI=1S/C7H11NO4/c1-5(2)6(10)8-7(11)12-4-3-9/h9H,1,3-4H2,2H3,(H,8,10,11). The molecular formula is C7H11NO4. The Kier molecular flexibility index (Phi) is 4.71. The molecule has 12 heavy (non-hydrogen) atoms. The molecule has 0 aromatic carbocycles. The lowest BCUT2D eigenvalue weighted by atomic mass is 10.3. The fraction of sp³-hybridized carbons (Fsp3) is 0.429. The Labute approximate surface area is 70.0 Å². The van der Waals surface area contributed by atoms with Gasteiger partial charge in [-0.2, -0.15) is 0 Å². The maximum Gasteiger partial charge on any atom is 0.414 e. The van der Waals surface area contributed by atoms with E-state index in [1.54, 1.807) is 0 Å². The van der Waals surface area contributed by atoms with Gasteiger partial charge in [-0.15, -0.1) is 0 Å². The molecule has 0 unspecified atom stereocenters. The number of carbonyl (C=O) groups excluding carboxylic acids is 2. The minimum absolute atomic E-state index is 0.130. The number of amides is 2. The van der Waals surface area contributed by atoms with Gasteiger partial charge in [-0.25, -0.2) is 4.79 Å². The zero-order chi connectivity index (χ0) is 9.56. The highest BCUT2D eigenvalue weighted by Gasteiger charge is 2.07. The largest absolute Gasteiger partial charge is 0.447 e. The minimum atomic E-state index is -0.878. The minimum Gasteiger partial charge on any atom is -0.447 e. The molecule has 0 aromatic rings. The summed E-state index contributed by atoms with van der Waals surface area (Å²) < 4.78 is 4.35. The second-order valence-electron chi connectivity index (χ2n) is 2.09. The maximum atomic E-state index is 10.7. The van der Waals surface area contributed by atoms with Crippen LogP contribution >= 0.6 is 0 Å². The van der Waals surface area contributed by atoms with Crippen molar-refractivity contribution in [3.8, 4) is 0 Å². The first kappa shape index (κ1) is 10.6. The summed E-state index contributed by atoms with van der Waals surface area (Å²) in [4.78, 5) is 21.4. The van der Waals surface area contributed by atoms with E-state index in [0.29, 0.717) is 0 Å². The van der Waals surface area contributed by atoms with Gasteiger partial charge in [0.15, 0.2) is 0 Å². The lowest BCUT2D eigenvalue weighted by Gasteiger charge is -2.03. The number of aliphatic hydroxyl groups excluding tert-OH is 1. The summed E-state index contributed by atoms with van der Waals surface area (Å²) in [5, 5.41) is 10.2. The summed E-state index contributed by atoms with van der Waals surface area (Å²) >= 11 is 0. The number of hydrogen-bond donors (Lipinski definition) is 2. The van der Waals surface area contributed by atoms with Crippen molar-refractivity contribution in [3.05, 3.63) is 12.2 Å². The molecule has 5 nitrogen and oxygen atoms in total. The number of aliphatic hydroxyl groups is 1. The molecule has 0 heterocycles. The van der Waals surface area contributed by atoms with Crippen LogP contribution in [-0.2, 0) is 9.53 Å². The zero-order valence-electron chi connectivity index (χ0n) is 6.79. The molecular weight excluding hydrogens is 162 g/mol. The molecule has 0 aliphatic heterocycles. The molecule has 0 aliphatic rings. The number of nitrogens with one attached hydrogen (secondary N) is 1. The monoisotopic (exact) mass is 173 g/mol. The highest BCUT2D eigenvalue weighted by molar-refractivity contribution is 6.01. The van der Waals surface area contributed by atoms with E-state index in [1.807, 2.05) is 5.32 Å². The molecule has 0 atom stereocenters. The molecule has 2 N–H and O–H groups in total. The molecule has 2 amide bonds. The van der Waals surface area contributed by atoms with Crippen LogP contribution in [0, 0.1) is 0 Å². The molecule has 0 aliphatic carbocycles. The van der Waals surface area contributed by atoms with Gasteiger partial charge >= 0.3 is 6.09 Å². The first-order valence-electron chi connectivity index (χ1n) is 3.32. The van der Waals surface area contributed by atoms with Crippen molar-refractivity contribution in [1.29, 1.82) is 0 Å². The van der Waals surface area contributed by atoms with E-state index >= 15 is 0 Å². The Morgan fingerprint density at radius 2 is 2.17 bits per heavy atom.